The third kappa shape index (κ3) is 2.73. The Labute approximate surface area is 155 Å². The first-order chi connectivity index (χ1) is 12.5. The minimum absolute atomic E-state index is 0.0621. The highest BCUT2D eigenvalue weighted by Crippen LogP contribution is 2.27. The number of para-hydroxylation sites is 2. The average molecular weight is 384 g/mol. The van der Waals surface area contributed by atoms with Gasteiger partial charge in [0.15, 0.2) is 0 Å². The predicted molar refractivity (Wildman–Crippen MR) is 104 cm³/mol. The fourth-order valence-electron chi connectivity index (χ4n) is 2.84. The van der Waals surface area contributed by atoms with Crippen LogP contribution in [-0.4, -0.2) is 17.4 Å². The van der Waals surface area contributed by atoms with Crippen molar-refractivity contribution in [2.45, 2.75) is 4.90 Å². The summed E-state index contributed by atoms with van der Waals surface area (Å²) in [6.45, 7) is 0. The van der Waals surface area contributed by atoms with E-state index in [1.807, 2.05) is 12.1 Å². The molecule has 4 rings (SSSR count). The smallest absolute Gasteiger partial charge is 0.271 e. The van der Waals surface area contributed by atoms with Crippen molar-refractivity contribution in [1.29, 1.82) is 0 Å². The third-order valence-electron chi connectivity index (χ3n) is 4.11. The van der Waals surface area contributed by atoms with E-state index >= 15 is 0 Å². The molecule has 26 heavy (non-hydrogen) atoms. The highest BCUT2D eigenvalue weighted by molar-refractivity contribution is 7.90. The Morgan fingerprint density at radius 1 is 0.846 bits per heavy atom. The second-order valence-corrected chi connectivity index (χ2v) is 7.98. The molecule has 0 atom stereocenters. The van der Waals surface area contributed by atoms with E-state index in [1.54, 1.807) is 60.7 Å². The van der Waals surface area contributed by atoms with Crippen LogP contribution in [-0.2, 0) is 10.0 Å². The summed E-state index contributed by atoms with van der Waals surface area (Å²) in [5.41, 5.74) is 8.70. The number of imidazole rings is 1. The van der Waals surface area contributed by atoms with Gasteiger partial charge in [0.1, 0.15) is 0 Å². The van der Waals surface area contributed by atoms with E-state index in [2.05, 4.69) is 4.98 Å². The molecule has 0 amide bonds. The van der Waals surface area contributed by atoms with E-state index in [1.165, 1.54) is 0 Å². The summed E-state index contributed by atoms with van der Waals surface area (Å²) >= 11 is 5.90. The van der Waals surface area contributed by atoms with E-state index in [0.717, 1.165) is 15.1 Å². The molecule has 0 aliphatic carbocycles. The SMILES string of the molecule is Nc1nc2ccccc2n1S(=O)(=O)c1ccc(-c2ccc(Cl)cc2)cc1. The van der Waals surface area contributed by atoms with Gasteiger partial charge in [-0.15, -0.1) is 0 Å². The van der Waals surface area contributed by atoms with Crippen LogP contribution in [0.15, 0.2) is 77.7 Å². The van der Waals surface area contributed by atoms with E-state index < -0.39 is 10.0 Å². The summed E-state index contributed by atoms with van der Waals surface area (Å²) in [6.07, 6.45) is 0. The molecular weight excluding hydrogens is 370 g/mol. The zero-order chi connectivity index (χ0) is 18.3. The van der Waals surface area contributed by atoms with Crippen molar-refractivity contribution >= 4 is 38.6 Å². The van der Waals surface area contributed by atoms with E-state index in [4.69, 9.17) is 17.3 Å². The van der Waals surface area contributed by atoms with Crippen LogP contribution in [0.3, 0.4) is 0 Å². The topological polar surface area (TPSA) is 78.0 Å². The molecule has 3 aromatic carbocycles. The maximum absolute atomic E-state index is 13.0. The third-order valence-corrected chi connectivity index (χ3v) is 6.10. The van der Waals surface area contributed by atoms with Crippen molar-refractivity contribution < 1.29 is 8.42 Å². The summed E-state index contributed by atoms with van der Waals surface area (Å²) in [5, 5.41) is 0.649. The van der Waals surface area contributed by atoms with Crippen LogP contribution >= 0.6 is 11.6 Å². The van der Waals surface area contributed by atoms with Gasteiger partial charge in [-0.3, -0.25) is 0 Å². The van der Waals surface area contributed by atoms with Crippen LogP contribution in [0.4, 0.5) is 5.95 Å². The Bertz CT molecular complexity index is 1200. The highest BCUT2D eigenvalue weighted by Gasteiger charge is 2.23. The van der Waals surface area contributed by atoms with Crippen LogP contribution in [0.2, 0.25) is 5.02 Å². The van der Waals surface area contributed by atoms with Crippen LogP contribution in [0, 0.1) is 0 Å². The first kappa shape index (κ1) is 16.6. The molecule has 0 radical (unpaired) electrons. The lowest BCUT2D eigenvalue weighted by Gasteiger charge is -2.09. The predicted octanol–water partition coefficient (Wildman–Crippen LogP) is 4.18. The Kier molecular flexibility index (Phi) is 3.94. The number of hydrogen-bond donors (Lipinski definition) is 1. The molecule has 0 bridgehead atoms. The summed E-state index contributed by atoms with van der Waals surface area (Å²) in [6, 6.07) is 20.9. The number of halogens is 1. The van der Waals surface area contributed by atoms with Gasteiger partial charge < -0.3 is 5.73 Å². The number of nitrogens with two attached hydrogens (primary N) is 1. The van der Waals surface area contributed by atoms with E-state index in [0.29, 0.717) is 16.1 Å². The Morgan fingerprint density at radius 3 is 2.08 bits per heavy atom. The normalized spacial score (nSPS) is 11.7. The monoisotopic (exact) mass is 383 g/mol. The van der Waals surface area contributed by atoms with Crippen molar-refractivity contribution in [2.24, 2.45) is 0 Å². The summed E-state index contributed by atoms with van der Waals surface area (Å²) in [7, 11) is -3.85. The molecular formula is C19H14ClN3O2S. The lowest BCUT2D eigenvalue weighted by atomic mass is 10.1. The molecule has 4 aromatic rings. The van der Waals surface area contributed by atoms with Crippen LogP contribution < -0.4 is 5.73 Å². The fourth-order valence-corrected chi connectivity index (χ4v) is 4.36. The molecule has 0 unspecified atom stereocenters. The maximum Gasteiger partial charge on any atom is 0.271 e. The molecule has 130 valence electrons. The molecule has 1 aromatic heterocycles. The molecule has 0 aliphatic heterocycles. The van der Waals surface area contributed by atoms with Crippen LogP contribution in [0.1, 0.15) is 0 Å². The lowest BCUT2D eigenvalue weighted by molar-refractivity contribution is 0.589. The van der Waals surface area contributed by atoms with Crippen molar-refractivity contribution in [1.82, 2.24) is 8.96 Å². The van der Waals surface area contributed by atoms with Gasteiger partial charge in [0.25, 0.3) is 10.0 Å². The van der Waals surface area contributed by atoms with Crippen molar-refractivity contribution in [3.05, 3.63) is 77.8 Å². The number of hydrogen-bond acceptors (Lipinski definition) is 4. The zero-order valence-corrected chi connectivity index (χ0v) is 15.1. The Balaban J connectivity index is 1.79. The summed E-state index contributed by atoms with van der Waals surface area (Å²) < 4.78 is 27.2. The fraction of sp³-hybridized carbons (Fsp3) is 0. The molecule has 5 nitrogen and oxygen atoms in total. The van der Waals surface area contributed by atoms with Crippen LogP contribution in [0.25, 0.3) is 22.2 Å². The number of aromatic nitrogens is 2. The standard InChI is InChI=1S/C19H14ClN3O2S/c20-15-9-5-13(6-10-15)14-7-11-16(12-8-14)26(24,25)23-18-4-2-1-3-17(18)22-19(23)21/h1-12H,(H2,21,22). The number of nitrogen functional groups attached to an aromatic ring is 1. The molecule has 0 aliphatic rings. The van der Waals surface area contributed by atoms with Gasteiger partial charge in [-0.25, -0.2) is 17.4 Å². The first-order valence-corrected chi connectivity index (χ1v) is 9.63. The van der Waals surface area contributed by atoms with Crippen molar-refractivity contribution in [3.63, 3.8) is 0 Å². The number of nitrogens with zero attached hydrogens (tertiary/aromatic N) is 2. The first-order valence-electron chi connectivity index (χ1n) is 7.81. The highest BCUT2D eigenvalue weighted by atomic mass is 35.5. The maximum atomic E-state index is 13.0. The van der Waals surface area contributed by atoms with Crippen molar-refractivity contribution in [3.8, 4) is 11.1 Å². The van der Waals surface area contributed by atoms with E-state index in [9.17, 15) is 8.42 Å². The van der Waals surface area contributed by atoms with Gasteiger partial charge in [-0.1, -0.05) is 48.0 Å². The summed E-state index contributed by atoms with van der Waals surface area (Å²) in [5.74, 6) is -0.0621. The molecule has 0 saturated carbocycles. The quantitative estimate of drug-likeness (QED) is 0.575. The molecule has 0 fully saturated rings. The van der Waals surface area contributed by atoms with Gasteiger partial charge in [0.2, 0.25) is 5.95 Å². The zero-order valence-electron chi connectivity index (χ0n) is 13.5. The number of benzene rings is 3. The van der Waals surface area contributed by atoms with Gasteiger partial charge in [0.05, 0.1) is 15.9 Å². The molecule has 0 saturated heterocycles. The van der Waals surface area contributed by atoms with Gasteiger partial charge >= 0.3 is 0 Å². The minimum Gasteiger partial charge on any atom is -0.368 e. The number of anilines is 1. The van der Waals surface area contributed by atoms with Gasteiger partial charge in [0, 0.05) is 5.02 Å². The van der Waals surface area contributed by atoms with E-state index in [-0.39, 0.29) is 10.8 Å². The lowest BCUT2D eigenvalue weighted by Crippen LogP contribution is -2.15. The number of fused-ring (bicyclic) bond motifs is 1. The Morgan fingerprint density at radius 2 is 1.42 bits per heavy atom. The molecule has 1 heterocycles. The van der Waals surface area contributed by atoms with Gasteiger partial charge in [-0.2, -0.15) is 0 Å². The second kappa shape index (κ2) is 6.16. The number of rotatable bonds is 3. The minimum atomic E-state index is -3.85. The largest absolute Gasteiger partial charge is 0.368 e. The van der Waals surface area contributed by atoms with Crippen molar-refractivity contribution in [2.75, 3.05) is 5.73 Å². The Hall–Kier alpha value is -2.83. The summed E-state index contributed by atoms with van der Waals surface area (Å²) in [4.78, 5) is 4.27. The molecule has 7 heteroatoms. The second-order valence-electron chi connectivity index (χ2n) is 5.76. The molecule has 0 spiro atoms. The molecule has 2 N–H and O–H groups in total. The van der Waals surface area contributed by atoms with Crippen LogP contribution in [0.5, 0.6) is 0 Å². The van der Waals surface area contributed by atoms with Gasteiger partial charge in [-0.05, 0) is 47.5 Å². The average Bonchev–Trinajstić information content (AvgIpc) is 2.99.